The normalized spacial score (nSPS) is 20.7. The Bertz CT molecular complexity index is 1210. The lowest BCUT2D eigenvalue weighted by Crippen LogP contribution is -2.57. The molecule has 1 aromatic heterocycles. The van der Waals surface area contributed by atoms with Crippen LogP contribution < -0.4 is 16.0 Å². The Morgan fingerprint density at radius 1 is 1.10 bits per heavy atom. The van der Waals surface area contributed by atoms with E-state index in [2.05, 4.69) is 25.8 Å². The first-order chi connectivity index (χ1) is 18.1. The summed E-state index contributed by atoms with van der Waals surface area (Å²) in [4.78, 5) is 60.9. The molecule has 2 aliphatic rings. The number of fused-ring (bicyclic) bond motifs is 1. The fourth-order valence-corrected chi connectivity index (χ4v) is 6.02. The van der Waals surface area contributed by atoms with Crippen LogP contribution in [-0.4, -0.2) is 77.7 Å². The molecule has 3 N–H and O–H groups in total. The minimum Gasteiger partial charge on any atom is -0.346 e. The van der Waals surface area contributed by atoms with Gasteiger partial charge in [0.2, 0.25) is 5.91 Å². The van der Waals surface area contributed by atoms with Crippen molar-refractivity contribution < 1.29 is 19.2 Å². The Balaban J connectivity index is 0.00000420. The molecule has 13 heteroatoms. The zero-order valence-electron chi connectivity index (χ0n) is 22.2. The Morgan fingerprint density at radius 3 is 2.51 bits per heavy atom. The molecule has 0 radical (unpaired) electrons. The van der Waals surface area contributed by atoms with Crippen LogP contribution in [0.25, 0.3) is 0 Å². The highest BCUT2D eigenvalue weighted by atomic mass is 35.5. The zero-order chi connectivity index (χ0) is 27.4. The van der Waals surface area contributed by atoms with Crippen LogP contribution in [-0.2, 0) is 27.3 Å². The van der Waals surface area contributed by atoms with Gasteiger partial charge in [0, 0.05) is 60.6 Å². The third kappa shape index (κ3) is 7.69. The summed E-state index contributed by atoms with van der Waals surface area (Å²) in [6.45, 7) is 4.13. The van der Waals surface area contributed by atoms with Gasteiger partial charge >= 0.3 is 11.8 Å². The van der Waals surface area contributed by atoms with Crippen LogP contribution >= 0.6 is 35.3 Å². The highest BCUT2D eigenvalue weighted by Crippen LogP contribution is 2.28. The van der Waals surface area contributed by atoms with Gasteiger partial charge in [0.1, 0.15) is 0 Å². The number of amides is 4. The molecule has 1 fully saturated rings. The average molecular weight is 598 g/mol. The largest absolute Gasteiger partial charge is 0.346 e. The second-order valence-electron chi connectivity index (χ2n) is 9.86. The van der Waals surface area contributed by atoms with Crippen LogP contribution in [0.4, 0.5) is 5.69 Å². The number of halogens is 2. The van der Waals surface area contributed by atoms with Crippen molar-refractivity contribution in [3.63, 3.8) is 0 Å². The lowest BCUT2D eigenvalue weighted by molar-refractivity contribution is -0.137. The van der Waals surface area contributed by atoms with Crippen LogP contribution in [0.3, 0.4) is 0 Å². The molecule has 0 saturated heterocycles. The Labute approximate surface area is 243 Å². The van der Waals surface area contributed by atoms with Gasteiger partial charge in [-0.2, -0.15) is 0 Å². The molecule has 4 rings (SSSR count). The van der Waals surface area contributed by atoms with Crippen molar-refractivity contribution >= 4 is 64.7 Å². The molecule has 10 nitrogen and oxygen atoms in total. The summed E-state index contributed by atoms with van der Waals surface area (Å²) >= 11 is 7.25. The fraction of sp³-hybridized carbons (Fsp3) is 0.500. The van der Waals surface area contributed by atoms with Crippen LogP contribution in [0.15, 0.2) is 24.3 Å². The highest BCUT2D eigenvalue weighted by molar-refractivity contribution is 7.13. The van der Waals surface area contributed by atoms with Gasteiger partial charge in [-0.25, -0.2) is 4.98 Å². The van der Waals surface area contributed by atoms with Gasteiger partial charge in [0.25, 0.3) is 5.91 Å². The van der Waals surface area contributed by atoms with Crippen molar-refractivity contribution in [3.05, 3.63) is 44.9 Å². The number of nitrogens with one attached hydrogen (secondary N) is 3. The second-order valence-corrected chi connectivity index (χ2v) is 11.4. The molecule has 212 valence electrons. The predicted octanol–water partition coefficient (Wildman–Crippen LogP) is 2.71. The Kier molecular flexibility index (Phi) is 10.7. The number of hydrogen-bond acceptors (Lipinski definition) is 7. The van der Waals surface area contributed by atoms with Crippen molar-refractivity contribution in [2.45, 2.75) is 51.2 Å². The number of anilines is 1. The van der Waals surface area contributed by atoms with Crippen molar-refractivity contribution in [1.29, 1.82) is 0 Å². The Morgan fingerprint density at radius 2 is 1.82 bits per heavy atom. The summed E-state index contributed by atoms with van der Waals surface area (Å²) in [5.74, 6) is -2.26. The van der Waals surface area contributed by atoms with E-state index < -0.39 is 23.9 Å². The van der Waals surface area contributed by atoms with Gasteiger partial charge < -0.3 is 25.8 Å². The maximum Gasteiger partial charge on any atom is 0.313 e. The molecule has 1 aromatic carbocycles. The molecule has 0 spiro atoms. The van der Waals surface area contributed by atoms with Crippen molar-refractivity contribution in [1.82, 2.24) is 25.4 Å². The van der Waals surface area contributed by atoms with E-state index in [1.54, 1.807) is 36.2 Å². The number of carbonyl (C=O) groups is 4. The van der Waals surface area contributed by atoms with E-state index in [0.29, 0.717) is 41.5 Å². The summed E-state index contributed by atoms with van der Waals surface area (Å²) in [5, 5.41) is 9.22. The molecule has 0 unspecified atom stereocenters. The summed E-state index contributed by atoms with van der Waals surface area (Å²) in [6, 6.07) is 5.37. The molecule has 2 heterocycles. The number of carbonyl (C=O) groups excluding carboxylic acids is 4. The van der Waals surface area contributed by atoms with Crippen LogP contribution in [0.5, 0.6) is 0 Å². The van der Waals surface area contributed by atoms with E-state index in [-0.39, 0.29) is 30.1 Å². The summed E-state index contributed by atoms with van der Waals surface area (Å²) < 4.78 is 0. The monoisotopic (exact) mass is 596 g/mol. The number of benzene rings is 1. The summed E-state index contributed by atoms with van der Waals surface area (Å²) in [6.07, 6.45) is 2.13. The maximum atomic E-state index is 13.2. The van der Waals surface area contributed by atoms with E-state index in [0.717, 1.165) is 30.1 Å². The molecule has 1 saturated carbocycles. The first-order valence-corrected chi connectivity index (χ1v) is 13.9. The smallest absolute Gasteiger partial charge is 0.313 e. The molecule has 2 aromatic rings. The molecule has 4 amide bonds. The summed E-state index contributed by atoms with van der Waals surface area (Å²) in [5.41, 5.74) is 1.39. The fourth-order valence-electron chi connectivity index (χ4n) is 4.80. The molecular formula is C26H34Cl2N6O4S. The first-order valence-electron chi connectivity index (χ1n) is 12.7. The third-order valence-electron chi connectivity index (χ3n) is 7.11. The quantitative estimate of drug-likeness (QED) is 0.440. The van der Waals surface area contributed by atoms with Gasteiger partial charge in [0.15, 0.2) is 5.01 Å². The number of rotatable bonds is 6. The van der Waals surface area contributed by atoms with E-state index in [4.69, 9.17) is 11.6 Å². The second kappa shape index (κ2) is 13.6. The molecule has 1 aliphatic heterocycles. The van der Waals surface area contributed by atoms with E-state index >= 15 is 0 Å². The van der Waals surface area contributed by atoms with Gasteiger partial charge in [-0.05, 0) is 57.5 Å². The van der Waals surface area contributed by atoms with Crippen molar-refractivity contribution in [2.24, 2.45) is 5.92 Å². The lowest BCUT2D eigenvalue weighted by Gasteiger charge is -2.37. The number of nitrogens with zero attached hydrogens (tertiary/aromatic N) is 3. The van der Waals surface area contributed by atoms with Gasteiger partial charge in [-0.15, -0.1) is 23.7 Å². The maximum absolute atomic E-state index is 13.2. The average Bonchev–Trinajstić information content (AvgIpc) is 3.33. The predicted molar refractivity (Wildman–Crippen MR) is 153 cm³/mol. The molecule has 1 aliphatic carbocycles. The van der Waals surface area contributed by atoms with Crippen LogP contribution in [0.1, 0.15) is 46.6 Å². The minimum absolute atomic E-state index is 0. The summed E-state index contributed by atoms with van der Waals surface area (Å²) in [7, 11) is 3.78. The third-order valence-corrected chi connectivity index (χ3v) is 8.44. The number of hydrogen-bond donors (Lipinski definition) is 3. The van der Waals surface area contributed by atoms with Gasteiger partial charge in [-0.1, -0.05) is 11.6 Å². The zero-order valence-corrected chi connectivity index (χ0v) is 24.5. The highest BCUT2D eigenvalue weighted by Gasteiger charge is 2.38. The lowest BCUT2D eigenvalue weighted by atomic mass is 9.81. The minimum atomic E-state index is -0.821. The number of thiazole rings is 1. The molecule has 39 heavy (non-hydrogen) atoms. The first kappa shape index (κ1) is 30.8. The SMILES string of the molecule is CCN(C)C(=O)[C@H]1CC[C@H](NC(=O)C(=O)Nc2ccc(Cl)cc2)[C@H](NC(=O)c2nc3c(s2)CN(C)CC3)C1.Cl. The molecule has 3 atom stereocenters. The van der Waals surface area contributed by atoms with Gasteiger partial charge in [-0.3, -0.25) is 19.2 Å². The van der Waals surface area contributed by atoms with Crippen LogP contribution in [0.2, 0.25) is 5.02 Å². The van der Waals surface area contributed by atoms with Gasteiger partial charge in [0.05, 0.1) is 11.7 Å². The van der Waals surface area contributed by atoms with E-state index in [1.165, 1.54) is 11.3 Å². The number of likely N-dealkylation sites (N-methyl/N-ethyl adjacent to an activating group) is 1. The van der Waals surface area contributed by atoms with E-state index in [1.807, 2.05) is 14.0 Å². The molecular weight excluding hydrogens is 563 g/mol. The van der Waals surface area contributed by atoms with E-state index in [9.17, 15) is 19.2 Å². The Hall–Kier alpha value is -2.73. The van der Waals surface area contributed by atoms with Crippen LogP contribution in [0, 0.1) is 5.92 Å². The topological polar surface area (TPSA) is 124 Å². The standard InChI is InChI=1S/C26H33ClN6O4S.ClH/c1-4-33(3)26(37)15-5-10-18(29-23(35)22(34)28-17-8-6-16(27)7-9-17)20(13-15)30-24(36)25-31-19-11-12-32(2)14-21(19)38-25;/h6-9,15,18,20H,4-5,10-14H2,1-3H3,(H,28,34)(H,29,35)(H,30,36);1H/t15-,18-,20+;/m0./s1. The van der Waals surface area contributed by atoms with Crippen molar-refractivity contribution in [3.8, 4) is 0 Å². The molecule has 0 bridgehead atoms. The van der Waals surface area contributed by atoms with Crippen molar-refractivity contribution in [2.75, 3.05) is 32.5 Å². The number of aromatic nitrogens is 1.